The quantitative estimate of drug-likeness (QED) is 0.494. The smallest absolute Gasteiger partial charge is 0.222 e. The zero-order valence-electron chi connectivity index (χ0n) is 18.8. The fraction of sp³-hybridized carbons (Fsp3) is 0.407. The van der Waals surface area contributed by atoms with E-state index in [-0.39, 0.29) is 12.0 Å². The van der Waals surface area contributed by atoms with Crippen LogP contribution in [0.15, 0.2) is 54.7 Å². The SMILES string of the molecule is Cc1c(-c2ccc(OC3CCN(C(=O)CCC(C)C)CC3)cc2)cnc2ccccc12. The molecule has 4 nitrogen and oxygen atoms in total. The highest BCUT2D eigenvalue weighted by Crippen LogP contribution is 2.30. The van der Waals surface area contributed by atoms with Gasteiger partial charge < -0.3 is 9.64 Å². The molecule has 0 unspecified atom stereocenters. The molecule has 1 aliphatic heterocycles. The number of hydrogen-bond acceptors (Lipinski definition) is 3. The predicted molar refractivity (Wildman–Crippen MR) is 126 cm³/mol. The van der Waals surface area contributed by atoms with Crippen molar-refractivity contribution in [1.82, 2.24) is 9.88 Å². The number of para-hydroxylation sites is 1. The number of piperidine rings is 1. The van der Waals surface area contributed by atoms with E-state index in [0.717, 1.165) is 54.7 Å². The number of nitrogens with zero attached hydrogens (tertiary/aromatic N) is 2. The zero-order chi connectivity index (χ0) is 21.8. The molecule has 0 N–H and O–H groups in total. The Kier molecular flexibility index (Phi) is 6.55. The van der Waals surface area contributed by atoms with Crippen molar-refractivity contribution in [2.75, 3.05) is 13.1 Å². The molecule has 0 atom stereocenters. The number of rotatable bonds is 6. The number of aromatic nitrogens is 1. The van der Waals surface area contributed by atoms with E-state index in [1.54, 1.807) is 0 Å². The van der Waals surface area contributed by atoms with Crippen LogP contribution in [0.1, 0.15) is 45.1 Å². The van der Waals surface area contributed by atoms with E-state index in [2.05, 4.69) is 50.0 Å². The van der Waals surface area contributed by atoms with Gasteiger partial charge in [-0.2, -0.15) is 0 Å². The van der Waals surface area contributed by atoms with E-state index in [1.807, 2.05) is 35.4 Å². The summed E-state index contributed by atoms with van der Waals surface area (Å²) >= 11 is 0. The number of amides is 1. The first-order valence-electron chi connectivity index (χ1n) is 11.4. The minimum atomic E-state index is 0.170. The minimum Gasteiger partial charge on any atom is -0.490 e. The first kappa shape index (κ1) is 21.4. The van der Waals surface area contributed by atoms with Crippen molar-refractivity contribution in [2.45, 2.75) is 52.6 Å². The largest absolute Gasteiger partial charge is 0.490 e. The van der Waals surface area contributed by atoms with Crippen molar-refractivity contribution in [3.8, 4) is 16.9 Å². The van der Waals surface area contributed by atoms with E-state index in [9.17, 15) is 4.79 Å². The Bertz CT molecular complexity index is 1030. The highest BCUT2D eigenvalue weighted by atomic mass is 16.5. The van der Waals surface area contributed by atoms with E-state index < -0.39 is 0 Å². The van der Waals surface area contributed by atoms with Crippen molar-refractivity contribution in [3.05, 3.63) is 60.3 Å². The number of likely N-dealkylation sites (tertiary alicyclic amines) is 1. The fourth-order valence-electron chi connectivity index (χ4n) is 4.27. The summed E-state index contributed by atoms with van der Waals surface area (Å²) in [4.78, 5) is 18.9. The third-order valence-electron chi connectivity index (χ3n) is 6.24. The topological polar surface area (TPSA) is 42.4 Å². The van der Waals surface area contributed by atoms with Gasteiger partial charge in [0.25, 0.3) is 0 Å². The number of fused-ring (bicyclic) bond motifs is 1. The summed E-state index contributed by atoms with van der Waals surface area (Å²) in [5.41, 5.74) is 4.57. The maximum atomic E-state index is 12.3. The molecule has 0 radical (unpaired) electrons. The van der Waals surface area contributed by atoms with Crippen molar-refractivity contribution >= 4 is 16.8 Å². The van der Waals surface area contributed by atoms with Gasteiger partial charge in [0.05, 0.1) is 5.52 Å². The van der Waals surface area contributed by atoms with Crippen molar-refractivity contribution in [2.24, 2.45) is 5.92 Å². The van der Waals surface area contributed by atoms with Gasteiger partial charge in [0, 0.05) is 49.5 Å². The second kappa shape index (κ2) is 9.51. The normalized spacial score (nSPS) is 14.9. The lowest BCUT2D eigenvalue weighted by molar-refractivity contribution is -0.133. The second-order valence-electron chi connectivity index (χ2n) is 8.97. The number of aryl methyl sites for hydroxylation is 1. The third-order valence-corrected chi connectivity index (χ3v) is 6.24. The van der Waals surface area contributed by atoms with Crippen LogP contribution in [0, 0.1) is 12.8 Å². The summed E-state index contributed by atoms with van der Waals surface area (Å²) in [7, 11) is 0. The fourth-order valence-corrected chi connectivity index (χ4v) is 4.27. The number of carbonyl (C=O) groups excluding carboxylic acids is 1. The summed E-state index contributed by atoms with van der Waals surface area (Å²) in [5, 5.41) is 1.19. The first-order valence-corrected chi connectivity index (χ1v) is 11.4. The molecule has 31 heavy (non-hydrogen) atoms. The van der Waals surface area contributed by atoms with Crippen molar-refractivity contribution in [1.29, 1.82) is 0 Å². The second-order valence-corrected chi connectivity index (χ2v) is 8.97. The molecule has 1 saturated heterocycles. The first-order chi connectivity index (χ1) is 15.0. The van der Waals surface area contributed by atoms with Crippen LogP contribution < -0.4 is 4.74 Å². The highest BCUT2D eigenvalue weighted by molar-refractivity contribution is 5.88. The van der Waals surface area contributed by atoms with Gasteiger partial charge in [-0.1, -0.05) is 44.2 Å². The van der Waals surface area contributed by atoms with E-state index >= 15 is 0 Å². The molecular formula is C27H32N2O2. The molecule has 1 aromatic heterocycles. The Morgan fingerprint density at radius 2 is 1.81 bits per heavy atom. The van der Waals surface area contributed by atoms with Gasteiger partial charge in [0.1, 0.15) is 11.9 Å². The van der Waals surface area contributed by atoms with E-state index in [0.29, 0.717) is 12.3 Å². The van der Waals surface area contributed by atoms with Crippen LogP contribution >= 0.6 is 0 Å². The maximum Gasteiger partial charge on any atom is 0.222 e. The van der Waals surface area contributed by atoms with Crippen molar-refractivity contribution < 1.29 is 9.53 Å². The molecule has 2 aromatic carbocycles. The number of ether oxygens (including phenoxy) is 1. The van der Waals surface area contributed by atoms with E-state index in [4.69, 9.17) is 4.74 Å². The Hall–Kier alpha value is -2.88. The van der Waals surface area contributed by atoms with Gasteiger partial charge in [-0.25, -0.2) is 0 Å². The zero-order valence-corrected chi connectivity index (χ0v) is 18.8. The van der Waals surface area contributed by atoms with Gasteiger partial charge in [0.15, 0.2) is 0 Å². The Morgan fingerprint density at radius 3 is 2.52 bits per heavy atom. The maximum absolute atomic E-state index is 12.3. The van der Waals surface area contributed by atoms with Crippen LogP contribution in [-0.4, -0.2) is 35.0 Å². The van der Waals surface area contributed by atoms with Crippen LogP contribution in [0.5, 0.6) is 5.75 Å². The van der Waals surface area contributed by atoms with Crippen molar-refractivity contribution in [3.63, 3.8) is 0 Å². The third kappa shape index (κ3) is 5.07. The molecule has 1 aliphatic rings. The van der Waals surface area contributed by atoms with Crippen LogP contribution in [0.25, 0.3) is 22.0 Å². The lowest BCUT2D eigenvalue weighted by Crippen LogP contribution is -2.41. The average molecular weight is 417 g/mol. The summed E-state index contributed by atoms with van der Waals surface area (Å²) in [6.45, 7) is 8.07. The van der Waals surface area contributed by atoms with Crippen LogP contribution in [0.4, 0.5) is 0 Å². The molecule has 162 valence electrons. The molecule has 1 fully saturated rings. The Morgan fingerprint density at radius 1 is 1.10 bits per heavy atom. The number of hydrogen-bond donors (Lipinski definition) is 0. The number of carbonyl (C=O) groups is 1. The average Bonchev–Trinajstić information content (AvgIpc) is 2.79. The molecule has 0 spiro atoms. The van der Waals surface area contributed by atoms with Crippen LogP contribution in [0.2, 0.25) is 0 Å². The van der Waals surface area contributed by atoms with Crippen LogP contribution in [0.3, 0.4) is 0 Å². The van der Waals surface area contributed by atoms with E-state index in [1.165, 1.54) is 10.9 Å². The van der Waals surface area contributed by atoms with Gasteiger partial charge in [-0.05, 0) is 48.6 Å². The lowest BCUT2D eigenvalue weighted by Gasteiger charge is -2.32. The molecule has 4 rings (SSSR count). The number of pyridine rings is 1. The lowest BCUT2D eigenvalue weighted by atomic mass is 9.99. The number of benzene rings is 2. The standard InChI is InChI=1S/C27H32N2O2/c1-19(2)8-13-27(30)29-16-14-23(15-17-29)31-22-11-9-21(10-12-22)25-18-28-26-7-5-4-6-24(26)20(25)3/h4-7,9-12,18-19,23H,8,13-17H2,1-3H3. The van der Waals surface area contributed by atoms with Gasteiger partial charge in [-0.15, -0.1) is 0 Å². The minimum absolute atomic E-state index is 0.170. The summed E-state index contributed by atoms with van der Waals surface area (Å²) < 4.78 is 6.22. The van der Waals surface area contributed by atoms with Gasteiger partial charge >= 0.3 is 0 Å². The molecule has 2 heterocycles. The molecular weight excluding hydrogens is 384 g/mol. The van der Waals surface area contributed by atoms with Crippen LogP contribution in [-0.2, 0) is 4.79 Å². The highest BCUT2D eigenvalue weighted by Gasteiger charge is 2.23. The summed E-state index contributed by atoms with van der Waals surface area (Å²) in [5.74, 6) is 1.75. The van der Waals surface area contributed by atoms with Gasteiger partial charge in [-0.3, -0.25) is 9.78 Å². The Labute approximate surface area is 185 Å². The summed E-state index contributed by atoms with van der Waals surface area (Å²) in [6, 6.07) is 16.6. The molecule has 1 amide bonds. The monoisotopic (exact) mass is 416 g/mol. The molecule has 4 heteroatoms. The molecule has 0 aliphatic carbocycles. The molecule has 0 bridgehead atoms. The van der Waals surface area contributed by atoms with Gasteiger partial charge in [0.2, 0.25) is 5.91 Å². The predicted octanol–water partition coefficient (Wildman–Crippen LogP) is 6.02. The Balaban J connectivity index is 1.36. The molecule has 0 saturated carbocycles. The summed E-state index contributed by atoms with van der Waals surface area (Å²) in [6.07, 6.45) is 5.54. The molecule has 3 aromatic rings.